The van der Waals surface area contributed by atoms with E-state index >= 15 is 0 Å². The number of nitrogens with zero attached hydrogens (tertiary/aromatic N) is 5. The average Bonchev–Trinajstić information content (AvgIpc) is 3.58. The Morgan fingerprint density at radius 3 is 2.45 bits per heavy atom. The van der Waals surface area contributed by atoms with E-state index < -0.39 is 11.9 Å². The number of aromatic nitrogens is 4. The van der Waals surface area contributed by atoms with Crippen LogP contribution < -0.4 is 10.2 Å². The normalized spacial score (nSPS) is 14.5. The number of hydrogen-bond acceptors (Lipinski definition) is 7. The number of hydrogen-bond donors (Lipinski definition) is 2. The number of piperidine rings is 1. The van der Waals surface area contributed by atoms with Gasteiger partial charge in [-0.2, -0.15) is 0 Å². The second-order valence-electron chi connectivity index (χ2n) is 11.9. The lowest BCUT2D eigenvalue weighted by molar-refractivity contribution is -0.123. The quantitative estimate of drug-likeness (QED) is 0.244. The molecule has 44 heavy (non-hydrogen) atoms. The van der Waals surface area contributed by atoms with E-state index in [1.54, 1.807) is 24.7 Å². The summed E-state index contributed by atoms with van der Waals surface area (Å²) >= 11 is 0. The number of aromatic amines is 1. The third-order valence-corrected chi connectivity index (χ3v) is 7.76. The van der Waals surface area contributed by atoms with Crippen LogP contribution >= 0.6 is 0 Å². The van der Waals surface area contributed by atoms with Crippen molar-refractivity contribution in [2.45, 2.75) is 57.7 Å². The number of carbonyl (C=O) groups is 2. The third-order valence-electron chi connectivity index (χ3n) is 7.76. The van der Waals surface area contributed by atoms with Crippen LogP contribution in [0.5, 0.6) is 0 Å². The van der Waals surface area contributed by atoms with Gasteiger partial charge in [-0.3, -0.25) is 24.5 Å². The van der Waals surface area contributed by atoms with Crippen LogP contribution in [0.3, 0.4) is 0 Å². The smallest absolute Gasteiger partial charge is 0.279 e. The number of ether oxygens (including phenoxy) is 1. The fraction of sp³-hybridized carbons (Fsp3) is 0.324. The molecule has 4 heterocycles. The molecule has 0 spiro atoms. The number of imidazole rings is 1. The highest BCUT2D eigenvalue weighted by Gasteiger charge is 2.36. The summed E-state index contributed by atoms with van der Waals surface area (Å²) < 4.78 is 5.87. The minimum absolute atomic E-state index is 0.0701. The van der Waals surface area contributed by atoms with Gasteiger partial charge in [0.25, 0.3) is 5.91 Å². The molecule has 3 aromatic heterocycles. The molecule has 1 fully saturated rings. The van der Waals surface area contributed by atoms with Gasteiger partial charge >= 0.3 is 0 Å². The Morgan fingerprint density at radius 1 is 1.07 bits per heavy atom. The lowest BCUT2D eigenvalue weighted by Gasteiger charge is -2.36. The monoisotopic (exact) mass is 593 g/mol. The van der Waals surface area contributed by atoms with E-state index in [1.807, 2.05) is 48.5 Å². The minimum Gasteiger partial charge on any atom is -0.473 e. The van der Waals surface area contributed by atoms with Gasteiger partial charge in [-0.05, 0) is 60.7 Å². The predicted molar refractivity (Wildman–Crippen MR) is 168 cm³/mol. The van der Waals surface area contributed by atoms with Crippen molar-refractivity contribution in [2.24, 2.45) is 0 Å². The Bertz CT molecular complexity index is 1530. The minimum atomic E-state index is -0.969. The first kappa shape index (κ1) is 30.5. The molecule has 1 atom stereocenters. The zero-order valence-corrected chi connectivity index (χ0v) is 25.4. The molecule has 10 nitrogen and oxygen atoms in total. The number of amides is 2. The fourth-order valence-corrected chi connectivity index (χ4v) is 5.25. The molecule has 0 bridgehead atoms. The van der Waals surface area contributed by atoms with E-state index in [0.717, 1.165) is 11.3 Å². The lowest BCUT2D eigenvalue weighted by atomic mass is 9.87. The van der Waals surface area contributed by atoms with Gasteiger partial charge in [0.05, 0.1) is 12.0 Å². The van der Waals surface area contributed by atoms with Crippen molar-refractivity contribution in [3.8, 4) is 0 Å². The number of H-pyrrole nitrogens is 1. The van der Waals surface area contributed by atoms with Crippen molar-refractivity contribution in [1.29, 1.82) is 0 Å². The summed E-state index contributed by atoms with van der Waals surface area (Å²) in [5.41, 5.74) is 3.28. The molecule has 5 rings (SSSR count). The van der Waals surface area contributed by atoms with Crippen LogP contribution in [0.25, 0.3) is 0 Å². The van der Waals surface area contributed by atoms with E-state index in [-0.39, 0.29) is 23.1 Å². The molecule has 2 amide bonds. The molecular formula is C34H39N7O3. The van der Waals surface area contributed by atoms with Gasteiger partial charge in [0.2, 0.25) is 5.91 Å². The van der Waals surface area contributed by atoms with Crippen molar-refractivity contribution >= 4 is 17.5 Å². The molecule has 1 unspecified atom stereocenters. The first-order valence-electron chi connectivity index (χ1n) is 14.8. The molecule has 228 valence electrons. The van der Waals surface area contributed by atoms with Crippen molar-refractivity contribution in [2.75, 3.05) is 18.0 Å². The van der Waals surface area contributed by atoms with Crippen LogP contribution in [0.1, 0.15) is 67.0 Å². The molecule has 0 aliphatic carbocycles. The molecule has 1 saturated heterocycles. The van der Waals surface area contributed by atoms with Crippen LogP contribution in [0, 0.1) is 0 Å². The first-order chi connectivity index (χ1) is 21.2. The number of pyridine rings is 2. The zero-order chi connectivity index (χ0) is 31.1. The fourth-order valence-electron chi connectivity index (χ4n) is 5.25. The number of likely N-dealkylation sites (tertiary alicyclic amines) is 1. The van der Waals surface area contributed by atoms with E-state index in [4.69, 9.17) is 4.74 Å². The molecule has 10 heteroatoms. The van der Waals surface area contributed by atoms with Gasteiger partial charge in [0.15, 0.2) is 5.88 Å². The molecule has 1 aliphatic heterocycles. The Morgan fingerprint density at radius 2 is 1.84 bits per heavy atom. The van der Waals surface area contributed by atoms with Crippen LogP contribution in [-0.2, 0) is 21.6 Å². The van der Waals surface area contributed by atoms with E-state index in [1.165, 1.54) is 17.4 Å². The Balaban J connectivity index is 1.34. The summed E-state index contributed by atoms with van der Waals surface area (Å²) in [6, 6.07) is 16.0. The third kappa shape index (κ3) is 7.31. The second kappa shape index (κ2) is 13.5. The summed E-state index contributed by atoms with van der Waals surface area (Å²) in [7, 11) is 0. The Kier molecular flexibility index (Phi) is 9.38. The maximum Gasteiger partial charge on any atom is 0.279 e. The van der Waals surface area contributed by atoms with E-state index in [9.17, 15) is 9.59 Å². The highest BCUT2D eigenvalue weighted by molar-refractivity contribution is 6.09. The van der Waals surface area contributed by atoms with Gasteiger partial charge in [0, 0.05) is 55.2 Å². The first-order valence-corrected chi connectivity index (χ1v) is 14.8. The van der Waals surface area contributed by atoms with Gasteiger partial charge in [-0.1, -0.05) is 45.0 Å². The van der Waals surface area contributed by atoms with Crippen LogP contribution in [-0.4, -0.2) is 55.8 Å². The largest absolute Gasteiger partial charge is 0.473 e. The molecule has 2 N–H and O–H groups in total. The number of anilines is 1. The Labute approximate surface area is 258 Å². The van der Waals surface area contributed by atoms with E-state index in [2.05, 4.69) is 57.5 Å². The standard InChI is InChI=1S/C34H39N7O3/c1-24(44-22-28-9-5-6-17-37-28)40-18-14-27(15-19-40)39-32(42)31(25-8-7-16-35-20-25)41(33(43)30-21-36-23-38-30)29-12-10-26(11-13-29)34(2,3)4/h5-13,16-17,20-21,23,27,31H,1,14-15,18-19,22H2,2-4H3,(H,36,38)(H,39,42). The van der Waals surface area contributed by atoms with Crippen molar-refractivity contribution in [3.63, 3.8) is 0 Å². The van der Waals surface area contributed by atoms with Gasteiger partial charge in [-0.15, -0.1) is 0 Å². The van der Waals surface area contributed by atoms with Crippen molar-refractivity contribution < 1.29 is 14.3 Å². The highest BCUT2D eigenvalue weighted by Crippen LogP contribution is 2.32. The SMILES string of the molecule is C=C(OCc1ccccn1)N1CCC(NC(=O)C(c2cccnc2)N(C(=O)c2c[nH]cn2)c2ccc(C(C)(C)C)cc2)CC1. The lowest BCUT2D eigenvalue weighted by Crippen LogP contribution is -2.50. The molecule has 4 aromatic rings. The summed E-state index contributed by atoms with van der Waals surface area (Å²) in [5.74, 6) is -0.0939. The summed E-state index contributed by atoms with van der Waals surface area (Å²) in [4.78, 5) is 47.4. The Hall–Kier alpha value is -4.99. The summed E-state index contributed by atoms with van der Waals surface area (Å²) in [6.07, 6.45) is 9.40. The van der Waals surface area contributed by atoms with Crippen LogP contribution in [0.2, 0.25) is 0 Å². The number of nitrogens with one attached hydrogen (secondary N) is 2. The molecular weight excluding hydrogens is 554 g/mol. The zero-order valence-electron chi connectivity index (χ0n) is 25.4. The molecule has 0 radical (unpaired) electrons. The highest BCUT2D eigenvalue weighted by atomic mass is 16.5. The maximum absolute atomic E-state index is 14.2. The van der Waals surface area contributed by atoms with Gasteiger partial charge in [-0.25, -0.2) is 4.98 Å². The van der Waals surface area contributed by atoms with Gasteiger partial charge in [0.1, 0.15) is 18.3 Å². The molecule has 0 saturated carbocycles. The molecule has 1 aliphatic rings. The second-order valence-corrected chi connectivity index (χ2v) is 11.9. The molecule has 1 aromatic carbocycles. The predicted octanol–water partition coefficient (Wildman–Crippen LogP) is 5.15. The van der Waals surface area contributed by atoms with Crippen molar-refractivity contribution in [3.05, 3.63) is 121 Å². The summed E-state index contributed by atoms with van der Waals surface area (Å²) in [5, 5.41) is 3.22. The average molecular weight is 594 g/mol. The van der Waals surface area contributed by atoms with Gasteiger partial charge < -0.3 is 19.9 Å². The van der Waals surface area contributed by atoms with Crippen molar-refractivity contribution in [1.82, 2.24) is 30.2 Å². The number of benzene rings is 1. The topological polar surface area (TPSA) is 116 Å². The van der Waals surface area contributed by atoms with E-state index in [0.29, 0.717) is 49.7 Å². The summed E-state index contributed by atoms with van der Waals surface area (Å²) in [6.45, 7) is 12.2. The van der Waals surface area contributed by atoms with Crippen LogP contribution in [0.15, 0.2) is 98.2 Å². The number of rotatable bonds is 10. The van der Waals surface area contributed by atoms with Crippen LogP contribution in [0.4, 0.5) is 5.69 Å². The maximum atomic E-state index is 14.2. The number of carbonyl (C=O) groups excluding carboxylic acids is 2.